The van der Waals surface area contributed by atoms with E-state index in [1.165, 1.54) is 0 Å². The summed E-state index contributed by atoms with van der Waals surface area (Å²) in [6, 6.07) is 2.06. The minimum Gasteiger partial charge on any atom is -0.353 e. The van der Waals surface area contributed by atoms with Gasteiger partial charge in [0.15, 0.2) is 0 Å². The Labute approximate surface area is 147 Å². The molecule has 1 aliphatic heterocycles. The van der Waals surface area contributed by atoms with E-state index in [0.29, 0.717) is 19.0 Å². The van der Waals surface area contributed by atoms with Crippen LogP contribution < -0.4 is 10.2 Å². The van der Waals surface area contributed by atoms with Crippen molar-refractivity contribution in [3.63, 3.8) is 0 Å². The lowest BCUT2D eigenvalue weighted by Gasteiger charge is -2.26. The van der Waals surface area contributed by atoms with Gasteiger partial charge in [0.2, 0.25) is 11.9 Å². The summed E-state index contributed by atoms with van der Waals surface area (Å²) in [5, 5.41) is 9.83. The van der Waals surface area contributed by atoms with Crippen LogP contribution in [0.25, 0.3) is 21.8 Å². The minimum absolute atomic E-state index is 0.00148. The lowest BCUT2D eigenvalue weighted by Crippen LogP contribution is -2.48. The number of thiophene rings is 1. The number of carbonyl (C=O) groups is 1. The topological polar surface area (TPSA) is 71.0 Å². The number of hydrogen-bond acceptors (Lipinski definition) is 7. The summed E-state index contributed by atoms with van der Waals surface area (Å²) in [7, 11) is 0. The zero-order valence-corrected chi connectivity index (χ0v) is 14.7. The number of nitrogens with zero attached hydrogens (tertiary/aromatic N) is 4. The summed E-state index contributed by atoms with van der Waals surface area (Å²) in [6.45, 7) is 3.58. The lowest BCUT2D eigenvalue weighted by atomic mass is 10.1. The molecule has 0 aromatic carbocycles. The molecule has 3 aromatic heterocycles. The Morgan fingerprint density at radius 3 is 2.92 bits per heavy atom. The first-order valence-electron chi connectivity index (χ1n) is 7.54. The molecular weight excluding hydrogens is 342 g/mol. The number of piperazine rings is 1. The van der Waals surface area contributed by atoms with E-state index in [1.807, 2.05) is 28.8 Å². The number of amides is 1. The van der Waals surface area contributed by atoms with E-state index in [-0.39, 0.29) is 12.5 Å². The molecule has 0 bridgehead atoms. The number of carbonyl (C=O) groups excluding carboxylic acids is 1. The van der Waals surface area contributed by atoms with Crippen LogP contribution in [0.4, 0.5) is 5.95 Å². The van der Waals surface area contributed by atoms with E-state index in [4.69, 9.17) is 4.98 Å². The summed E-state index contributed by atoms with van der Waals surface area (Å²) in [5.74, 6) is 0.574. The summed E-state index contributed by atoms with van der Waals surface area (Å²) in [5.41, 5.74) is 3.85. The highest BCUT2D eigenvalue weighted by Gasteiger charge is 2.21. The molecule has 1 amide bonds. The van der Waals surface area contributed by atoms with Crippen molar-refractivity contribution in [2.75, 3.05) is 24.5 Å². The standard InChI is InChI=1S/C16H15N5OS2/c1-10-8-24-15(19-10)14-12(11-2-5-23-9-11)6-18-16(20-14)21-4-3-17-13(22)7-21/h2,5-6,8-9H,3-4,7H2,1H3,(H,17,22). The van der Waals surface area contributed by atoms with Crippen LogP contribution in [0.1, 0.15) is 5.69 Å². The van der Waals surface area contributed by atoms with Crippen molar-refractivity contribution in [3.8, 4) is 21.8 Å². The van der Waals surface area contributed by atoms with Crippen LogP contribution in [0.2, 0.25) is 0 Å². The molecule has 0 aliphatic carbocycles. The maximum Gasteiger partial charge on any atom is 0.239 e. The van der Waals surface area contributed by atoms with Crippen LogP contribution in [0.3, 0.4) is 0 Å². The van der Waals surface area contributed by atoms with E-state index in [1.54, 1.807) is 22.7 Å². The maximum atomic E-state index is 11.6. The normalized spacial score (nSPS) is 14.7. The number of aryl methyl sites for hydroxylation is 1. The van der Waals surface area contributed by atoms with Gasteiger partial charge in [-0.2, -0.15) is 11.3 Å². The van der Waals surface area contributed by atoms with Crippen LogP contribution in [0, 0.1) is 6.92 Å². The lowest BCUT2D eigenvalue weighted by molar-refractivity contribution is -0.120. The molecule has 3 aromatic rings. The molecule has 6 nitrogen and oxygen atoms in total. The fraction of sp³-hybridized carbons (Fsp3) is 0.250. The first-order chi connectivity index (χ1) is 11.7. The number of rotatable bonds is 3. The Bertz CT molecular complexity index is 874. The second kappa shape index (κ2) is 6.29. The largest absolute Gasteiger partial charge is 0.353 e. The first-order valence-corrected chi connectivity index (χ1v) is 9.37. The van der Waals surface area contributed by atoms with E-state index in [0.717, 1.165) is 27.5 Å². The summed E-state index contributed by atoms with van der Waals surface area (Å²) >= 11 is 3.21. The van der Waals surface area contributed by atoms with Gasteiger partial charge in [-0.05, 0) is 29.3 Å². The third kappa shape index (κ3) is 2.90. The van der Waals surface area contributed by atoms with E-state index >= 15 is 0 Å². The highest BCUT2D eigenvalue weighted by atomic mass is 32.1. The third-order valence-corrected chi connectivity index (χ3v) is 5.40. The van der Waals surface area contributed by atoms with Gasteiger partial charge in [0, 0.05) is 35.9 Å². The van der Waals surface area contributed by atoms with Gasteiger partial charge >= 0.3 is 0 Å². The number of hydrogen-bond donors (Lipinski definition) is 1. The zero-order chi connectivity index (χ0) is 16.5. The number of anilines is 1. The molecule has 1 fully saturated rings. The van der Waals surface area contributed by atoms with Crippen LogP contribution >= 0.6 is 22.7 Å². The van der Waals surface area contributed by atoms with Crippen molar-refractivity contribution in [3.05, 3.63) is 34.1 Å². The molecule has 24 heavy (non-hydrogen) atoms. The Kier molecular flexibility index (Phi) is 3.99. The average molecular weight is 357 g/mol. The monoisotopic (exact) mass is 357 g/mol. The first kappa shape index (κ1) is 15.2. The van der Waals surface area contributed by atoms with Gasteiger partial charge in [-0.15, -0.1) is 11.3 Å². The SMILES string of the molecule is Cc1csc(-c2nc(N3CCNC(=O)C3)ncc2-c2ccsc2)n1. The molecule has 0 unspecified atom stereocenters. The number of nitrogens with one attached hydrogen (secondary N) is 1. The van der Waals surface area contributed by atoms with Gasteiger partial charge in [0.1, 0.15) is 10.7 Å². The van der Waals surface area contributed by atoms with Crippen molar-refractivity contribution < 1.29 is 4.79 Å². The van der Waals surface area contributed by atoms with Crippen LogP contribution in [0.5, 0.6) is 0 Å². The van der Waals surface area contributed by atoms with Crippen LogP contribution in [-0.4, -0.2) is 40.5 Å². The van der Waals surface area contributed by atoms with Gasteiger partial charge in [-0.3, -0.25) is 4.79 Å². The molecule has 1 saturated heterocycles. The van der Waals surface area contributed by atoms with Crippen LogP contribution in [0.15, 0.2) is 28.4 Å². The molecule has 1 N–H and O–H groups in total. The molecule has 0 radical (unpaired) electrons. The molecule has 8 heteroatoms. The van der Waals surface area contributed by atoms with Gasteiger partial charge in [0.05, 0.1) is 6.54 Å². The smallest absolute Gasteiger partial charge is 0.239 e. The zero-order valence-electron chi connectivity index (χ0n) is 13.0. The van der Waals surface area contributed by atoms with Crippen molar-refractivity contribution >= 4 is 34.5 Å². The van der Waals surface area contributed by atoms with Gasteiger partial charge in [-0.25, -0.2) is 15.0 Å². The maximum absolute atomic E-state index is 11.6. The van der Waals surface area contributed by atoms with Gasteiger partial charge in [0.25, 0.3) is 0 Å². The van der Waals surface area contributed by atoms with E-state index < -0.39 is 0 Å². The predicted octanol–water partition coefficient (Wildman–Crippen LogP) is 2.57. The van der Waals surface area contributed by atoms with Crippen LogP contribution in [-0.2, 0) is 4.79 Å². The second-order valence-corrected chi connectivity index (χ2v) is 7.15. The Morgan fingerprint density at radius 2 is 2.21 bits per heavy atom. The Hall–Kier alpha value is -2.32. The molecular formula is C16H15N5OS2. The number of aromatic nitrogens is 3. The minimum atomic E-state index is -0.00148. The summed E-state index contributed by atoms with van der Waals surface area (Å²) in [6.07, 6.45) is 1.84. The van der Waals surface area contributed by atoms with E-state index in [9.17, 15) is 4.79 Å². The second-order valence-electron chi connectivity index (χ2n) is 5.51. The molecule has 0 saturated carbocycles. The molecule has 4 rings (SSSR count). The van der Waals surface area contributed by atoms with Crippen molar-refractivity contribution in [2.24, 2.45) is 0 Å². The molecule has 1 aliphatic rings. The van der Waals surface area contributed by atoms with Gasteiger partial charge < -0.3 is 10.2 Å². The Balaban J connectivity index is 1.80. The summed E-state index contributed by atoms with van der Waals surface area (Å²) in [4.78, 5) is 27.4. The third-order valence-electron chi connectivity index (χ3n) is 3.75. The fourth-order valence-electron chi connectivity index (χ4n) is 2.59. The summed E-state index contributed by atoms with van der Waals surface area (Å²) < 4.78 is 0. The highest BCUT2D eigenvalue weighted by Crippen LogP contribution is 2.34. The molecule has 122 valence electrons. The Morgan fingerprint density at radius 1 is 1.29 bits per heavy atom. The highest BCUT2D eigenvalue weighted by molar-refractivity contribution is 7.13. The predicted molar refractivity (Wildman–Crippen MR) is 96.4 cm³/mol. The van der Waals surface area contributed by atoms with E-state index in [2.05, 4.69) is 26.7 Å². The number of thiazole rings is 1. The van der Waals surface area contributed by atoms with Crippen molar-refractivity contribution in [2.45, 2.75) is 6.92 Å². The molecule has 4 heterocycles. The van der Waals surface area contributed by atoms with Crippen molar-refractivity contribution in [1.29, 1.82) is 0 Å². The molecule has 0 atom stereocenters. The fourth-order valence-corrected chi connectivity index (χ4v) is 4.04. The molecule has 0 spiro atoms. The average Bonchev–Trinajstić information content (AvgIpc) is 3.26. The van der Waals surface area contributed by atoms with Crippen molar-refractivity contribution in [1.82, 2.24) is 20.3 Å². The quantitative estimate of drug-likeness (QED) is 0.780. The van der Waals surface area contributed by atoms with Gasteiger partial charge in [-0.1, -0.05) is 0 Å².